The van der Waals surface area contributed by atoms with Crippen molar-refractivity contribution in [2.45, 2.75) is 23.1 Å². The second kappa shape index (κ2) is 12.2. The van der Waals surface area contributed by atoms with Crippen LogP contribution >= 0.6 is 46.3 Å². The first kappa shape index (κ1) is 27.4. The number of nitrogens with zero attached hydrogens (tertiary/aromatic N) is 3. The molecule has 0 saturated heterocycles. The molecule has 3 aromatic rings. The molecule has 186 valence electrons. The van der Waals surface area contributed by atoms with Crippen LogP contribution in [0.3, 0.4) is 0 Å². The van der Waals surface area contributed by atoms with Gasteiger partial charge in [-0.05, 0) is 42.5 Å². The highest BCUT2D eigenvalue weighted by molar-refractivity contribution is 8.01. The number of thioether (sulfide) groups is 1. The fraction of sp³-hybridized carbons (Fsp3) is 0.238. The fourth-order valence-electron chi connectivity index (χ4n) is 2.88. The smallest absolute Gasteiger partial charge is 0.257 e. The van der Waals surface area contributed by atoms with Crippen molar-refractivity contribution in [1.29, 1.82) is 0 Å². The molecule has 0 saturated carbocycles. The highest BCUT2D eigenvalue weighted by Gasteiger charge is 2.22. The van der Waals surface area contributed by atoms with Crippen molar-refractivity contribution < 1.29 is 18.0 Å². The summed E-state index contributed by atoms with van der Waals surface area (Å²) in [5, 5.41) is 14.2. The summed E-state index contributed by atoms with van der Waals surface area (Å²) in [4.78, 5) is 24.8. The van der Waals surface area contributed by atoms with E-state index in [0.717, 1.165) is 23.1 Å². The van der Waals surface area contributed by atoms with Gasteiger partial charge in [0.15, 0.2) is 4.34 Å². The Morgan fingerprint density at radius 3 is 2.31 bits per heavy atom. The Bertz CT molecular complexity index is 1310. The summed E-state index contributed by atoms with van der Waals surface area (Å²) in [5.41, 5.74) is 0.792. The Labute approximate surface area is 221 Å². The summed E-state index contributed by atoms with van der Waals surface area (Å²) < 4.78 is 27.0. The van der Waals surface area contributed by atoms with Crippen LogP contribution in [-0.4, -0.2) is 53.6 Å². The number of carbonyl (C=O) groups excluding carboxylic acids is 2. The number of hydrogen-bond acceptors (Lipinski definition) is 8. The van der Waals surface area contributed by atoms with Crippen LogP contribution in [0, 0.1) is 0 Å². The average Bonchev–Trinajstić information content (AvgIpc) is 3.28. The van der Waals surface area contributed by atoms with Gasteiger partial charge in [-0.15, -0.1) is 10.2 Å². The van der Waals surface area contributed by atoms with E-state index in [1.807, 2.05) is 0 Å². The van der Waals surface area contributed by atoms with Crippen LogP contribution in [0.1, 0.15) is 24.2 Å². The summed E-state index contributed by atoms with van der Waals surface area (Å²) in [6.07, 6.45) is 0. The summed E-state index contributed by atoms with van der Waals surface area (Å²) in [5.74, 6) is -0.651. The first-order valence-electron chi connectivity index (χ1n) is 10.3. The Hall–Kier alpha value is -2.22. The Balaban J connectivity index is 1.55. The molecule has 0 atom stereocenters. The minimum absolute atomic E-state index is 0.0747. The van der Waals surface area contributed by atoms with Gasteiger partial charge in [-0.3, -0.25) is 14.9 Å². The Kier molecular flexibility index (Phi) is 9.50. The highest BCUT2D eigenvalue weighted by atomic mass is 35.5. The molecule has 0 bridgehead atoms. The van der Waals surface area contributed by atoms with E-state index in [2.05, 4.69) is 20.8 Å². The van der Waals surface area contributed by atoms with Crippen molar-refractivity contribution in [2.75, 3.05) is 29.5 Å². The Morgan fingerprint density at radius 2 is 1.69 bits per heavy atom. The quantitative estimate of drug-likeness (QED) is 0.262. The third-order valence-electron chi connectivity index (χ3n) is 4.62. The molecule has 2 N–H and O–H groups in total. The Morgan fingerprint density at radius 1 is 1.00 bits per heavy atom. The van der Waals surface area contributed by atoms with Gasteiger partial charge in [-0.25, -0.2) is 8.42 Å². The SMILES string of the molecule is CCN(CC)S(=O)(=O)c1ccc(C(=O)Nc2nnc(SCC(=O)Nc3ccc(Cl)c(Cl)c3)s2)cc1. The van der Waals surface area contributed by atoms with Gasteiger partial charge in [0.05, 0.1) is 20.7 Å². The maximum atomic E-state index is 12.6. The molecular formula is C21H21Cl2N5O4S3. The van der Waals surface area contributed by atoms with Gasteiger partial charge < -0.3 is 5.32 Å². The number of halogens is 2. The first-order valence-corrected chi connectivity index (χ1v) is 14.3. The van der Waals surface area contributed by atoms with Crippen molar-refractivity contribution in [3.05, 3.63) is 58.1 Å². The van der Waals surface area contributed by atoms with Crippen LogP contribution in [-0.2, 0) is 14.8 Å². The van der Waals surface area contributed by atoms with Crippen molar-refractivity contribution in [2.24, 2.45) is 0 Å². The van der Waals surface area contributed by atoms with Gasteiger partial charge in [0.25, 0.3) is 5.91 Å². The van der Waals surface area contributed by atoms with E-state index in [1.54, 1.807) is 32.0 Å². The van der Waals surface area contributed by atoms with E-state index in [-0.39, 0.29) is 27.3 Å². The number of aromatic nitrogens is 2. The molecular weight excluding hydrogens is 553 g/mol. The van der Waals surface area contributed by atoms with Crippen molar-refractivity contribution in [1.82, 2.24) is 14.5 Å². The minimum Gasteiger partial charge on any atom is -0.325 e. The summed E-state index contributed by atoms with van der Waals surface area (Å²) in [6.45, 7) is 4.24. The summed E-state index contributed by atoms with van der Waals surface area (Å²) in [6, 6.07) is 10.5. The lowest BCUT2D eigenvalue weighted by molar-refractivity contribution is -0.113. The number of rotatable bonds is 10. The molecule has 14 heteroatoms. The predicted octanol–water partition coefficient (Wildman–Crippen LogP) is 4.86. The van der Waals surface area contributed by atoms with E-state index in [1.165, 1.54) is 28.6 Å². The van der Waals surface area contributed by atoms with E-state index >= 15 is 0 Å². The number of anilines is 2. The monoisotopic (exact) mass is 573 g/mol. The number of hydrogen-bond donors (Lipinski definition) is 2. The largest absolute Gasteiger partial charge is 0.325 e. The normalized spacial score (nSPS) is 11.5. The van der Waals surface area contributed by atoms with Gasteiger partial charge in [0.2, 0.25) is 21.1 Å². The lowest BCUT2D eigenvalue weighted by Crippen LogP contribution is -2.30. The molecule has 0 unspecified atom stereocenters. The molecule has 2 aromatic carbocycles. The molecule has 0 aliphatic carbocycles. The number of amides is 2. The number of sulfonamides is 1. The zero-order valence-electron chi connectivity index (χ0n) is 18.6. The average molecular weight is 575 g/mol. The zero-order chi connectivity index (χ0) is 25.6. The lowest BCUT2D eigenvalue weighted by Gasteiger charge is -2.18. The minimum atomic E-state index is -3.60. The van der Waals surface area contributed by atoms with E-state index in [9.17, 15) is 18.0 Å². The molecule has 0 spiro atoms. The van der Waals surface area contributed by atoms with Crippen molar-refractivity contribution in [3.63, 3.8) is 0 Å². The second-order valence-corrected chi connectivity index (χ2v) is 11.9. The molecule has 2 amide bonds. The van der Waals surface area contributed by atoms with Crippen LogP contribution in [0.5, 0.6) is 0 Å². The summed E-state index contributed by atoms with van der Waals surface area (Å²) >= 11 is 14.1. The number of nitrogens with one attached hydrogen (secondary N) is 2. The molecule has 35 heavy (non-hydrogen) atoms. The number of benzene rings is 2. The van der Waals surface area contributed by atoms with Gasteiger partial charge in [-0.2, -0.15) is 4.31 Å². The molecule has 0 radical (unpaired) electrons. The lowest BCUT2D eigenvalue weighted by atomic mass is 10.2. The first-order chi connectivity index (χ1) is 16.6. The highest BCUT2D eigenvalue weighted by Crippen LogP contribution is 2.27. The van der Waals surface area contributed by atoms with Gasteiger partial charge in [0, 0.05) is 24.3 Å². The summed E-state index contributed by atoms with van der Waals surface area (Å²) in [7, 11) is -3.60. The van der Waals surface area contributed by atoms with Crippen LogP contribution in [0.15, 0.2) is 51.7 Å². The topological polar surface area (TPSA) is 121 Å². The van der Waals surface area contributed by atoms with Crippen molar-refractivity contribution >= 4 is 79.0 Å². The fourth-order valence-corrected chi connectivity index (χ4v) is 6.18. The molecule has 1 aromatic heterocycles. The van der Waals surface area contributed by atoms with Crippen LogP contribution < -0.4 is 10.6 Å². The maximum absolute atomic E-state index is 12.6. The third-order valence-corrected chi connectivity index (χ3v) is 9.39. The van der Waals surface area contributed by atoms with Crippen LogP contribution in [0.4, 0.5) is 10.8 Å². The molecule has 0 fully saturated rings. The van der Waals surface area contributed by atoms with Crippen LogP contribution in [0.25, 0.3) is 0 Å². The zero-order valence-corrected chi connectivity index (χ0v) is 22.6. The van der Waals surface area contributed by atoms with E-state index < -0.39 is 15.9 Å². The molecule has 0 aliphatic rings. The molecule has 9 nitrogen and oxygen atoms in total. The third kappa shape index (κ3) is 7.15. The van der Waals surface area contributed by atoms with Gasteiger partial charge >= 0.3 is 0 Å². The number of carbonyl (C=O) groups is 2. The predicted molar refractivity (Wildman–Crippen MR) is 140 cm³/mol. The maximum Gasteiger partial charge on any atom is 0.257 e. The van der Waals surface area contributed by atoms with Crippen molar-refractivity contribution in [3.8, 4) is 0 Å². The van der Waals surface area contributed by atoms with Crippen LogP contribution in [0.2, 0.25) is 10.0 Å². The van der Waals surface area contributed by atoms with Gasteiger partial charge in [-0.1, -0.05) is 60.1 Å². The second-order valence-electron chi connectivity index (χ2n) is 6.91. The van der Waals surface area contributed by atoms with E-state index in [4.69, 9.17) is 23.2 Å². The molecule has 1 heterocycles. The molecule has 3 rings (SSSR count). The standard InChI is InChI=1S/C21H21Cl2N5O4S3/c1-3-28(4-2)35(31,32)15-8-5-13(6-9-15)19(30)25-20-26-27-21(34-20)33-12-18(29)24-14-7-10-16(22)17(23)11-14/h5-11H,3-4,12H2,1-2H3,(H,24,29)(H,25,26,30). The van der Waals surface area contributed by atoms with E-state index in [0.29, 0.717) is 33.2 Å². The molecule has 0 aliphatic heterocycles. The van der Waals surface area contributed by atoms with Gasteiger partial charge in [0.1, 0.15) is 0 Å².